The third kappa shape index (κ3) is 5.34. The molecule has 0 aliphatic carbocycles. The van der Waals surface area contributed by atoms with E-state index in [1.54, 1.807) is 0 Å². The van der Waals surface area contributed by atoms with Crippen LogP contribution in [-0.2, 0) is 4.74 Å². The molecule has 8 heteroatoms. The first kappa shape index (κ1) is 24.3. The standard InChI is InChI=1S/C25H31N7O/c1-25(2)22(21(17-29)24(33-25)19(15-27)16-28)14-23(30-9-8-26)18-4-6-20(7-5-18)32-12-10-31(3)11-13-32/h4-7,14,23,27,30H,8-13,26H2,1-3H3/b22-14+. The molecule has 1 fully saturated rings. The predicted octanol–water partition coefficient (Wildman–Crippen LogP) is 2.24. The third-order valence-corrected chi connectivity index (χ3v) is 6.04. The minimum atomic E-state index is -0.832. The number of ether oxygens (including phenoxy) is 1. The Morgan fingerprint density at radius 1 is 1.24 bits per heavy atom. The third-order valence-electron chi connectivity index (χ3n) is 6.04. The number of likely N-dealkylation sites (N-methyl/N-ethyl adjacent to an activating group) is 1. The van der Waals surface area contributed by atoms with Gasteiger partial charge in [0.1, 0.15) is 23.3 Å². The molecule has 3 rings (SSSR count). The van der Waals surface area contributed by atoms with Crippen molar-refractivity contribution in [2.24, 2.45) is 5.73 Å². The molecule has 0 amide bonds. The zero-order valence-corrected chi connectivity index (χ0v) is 19.5. The highest BCUT2D eigenvalue weighted by Crippen LogP contribution is 2.42. The van der Waals surface area contributed by atoms with Crippen molar-refractivity contribution in [1.82, 2.24) is 10.2 Å². The summed E-state index contributed by atoms with van der Waals surface area (Å²) in [5.41, 5.74) is 7.98. The number of hydrogen-bond donors (Lipinski definition) is 3. The molecular weight excluding hydrogens is 414 g/mol. The van der Waals surface area contributed by atoms with Gasteiger partial charge in [-0.15, -0.1) is 0 Å². The van der Waals surface area contributed by atoms with E-state index in [9.17, 15) is 10.5 Å². The van der Waals surface area contributed by atoms with Gasteiger partial charge < -0.3 is 25.6 Å². The molecule has 1 aromatic carbocycles. The van der Waals surface area contributed by atoms with Crippen LogP contribution in [0.2, 0.25) is 0 Å². The highest BCUT2D eigenvalue weighted by Gasteiger charge is 2.40. The summed E-state index contributed by atoms with van der Waals surface area (Å²) in [4.78, 5) is 4.71. The van der Waals surface area contributed by atoms with Gasteiger partial charge in [-0.2, -0.15) is 10.5 Å². The average Bonchev–Trinajstić information content (AvgIpc) is 3.07. The maximum atomic E-state index is 9.85. The maximum Gasteiger partial charge on any atom is 0.166 e. The lowest BCUT2D eigenvalue weighted by molar-refractivity contribution is 0.0949. The molecule has 33 heavy (non-hydrogen) atoms. The maximum absolute atomic E-state index is 9.85. The number of rotatable bonds is 7. The second-order valence-electron chi connectivity index (χ2n) is 8.72. The molecule has 2 aliphatic heterocycles. The smallest absolute Gasteiger partial charge is 0.166 e. The van der Waals surface area contributed by atoms with Crippen LogP contribution >= 0.6 is 0 Å². The Hall–Kier alpha value is -3.39. The quantitative estimate of drug-likeness (QED) is 0.434. The van der Waals surface area contributed by atoms with Gasteiger partial charge in [0.05, 0.1) is 6.04 Å². The number of nitrogens with one attached hydrogen (secondary N) is 2. The molecule has 0 aromatic heterocycles. The summed E-state index contributed by atoms with van der Waals surface area (Å²) < 4.78 is 5.94. The fourth-order valence-electron chi connectivity index (χ4n) is 4.13. The van der Waals surface area contributed by atoms with E-state index in [-0.39, 0.29) is 22.9 Å². The van der Waals surface area contributed by atoms with Gasteiger partial charge in [-0.25, -0.2) is 0 Å². The van der Waals surface area contributed by atoms with Crippen molar-refractivity contribution in [3.63, 3.8) is 0 Å². The van der Waals surface area contributed by atoms with Crippen molar-refractivity contribution in [2.75, 3.05) is 51.2 Å². The van der Waals surface area contributed by atoms with E-state index >= 15 is 0 Å². The van der Waals surface area contributed by atoms with Crippen LogP contribution in [0, 0.1) is 28.1 Å². The lowest BCUT2D eigenvalue weighted by Gasteiger charge is -2.34. The summed E-state index contributed by atoms with van der Waals surface area (Å²) in [6.45, 7) is 8.85. The molecule has 0 spiro atoms. The van der Waals surface area contributed by atoms with Gasteiger partial charge in [-0.1, -0.05) is 18.2 Å². The molecule has 1 unspecified atom stereocenters. The number of benzene rings is 1. The number of nitrogens with zero attached hydrogens (tertiary/aromatic N) is 4. The SMILES string of the molecule is CN1CCN(c2ccc(C(/C=C3\C(C#N)=C(C(=C=N)C#N)OC3(C)C)NCCN)cc2)CC1. The first-order valence-electron chi connectivity index (χ1n) is 11.1. The van der Waals surface area contributed by atoms with Crippen LogP contribution in [0.5, 0.6) is 0 Å². The van der Waals surface area contributed by atoms with E-state index < -0.39 is 5.60 Å². The van der Waals surface area contributed by atoms with E-state index in [4.69, 9.17) is 15.9 Å². The minimum Gasteiger partial charge on any atom is -0.480 e. The second kappa shape index (κ2) is 10.5. The number of nitriles is 2. The molecule has 1 saturated heterocycles. The first-order valence-corrected chi connectivity index (χ1v) is 11.1. The summed E-state index contributed by atoms with van der Waals surface area (Å²) >= 11 is 0. The molecular formula is C25H31N7O. The molecule has 8 nitrogen and oxygen atoms in total. The summed E-state index contributed by atoms with van der Waals surface area (Å²) in [5.74, 6) is 2.19. The van der Waals surface area contributed by atoms with Crippen molar-refractivity contribution in [1.29, 1.82) is 15.9 Å². The summed E-state index contributed by atoms with van der Waals surface area (Å²) in [6.07, 6.45) is 1.96. The summed E-state index contributed by atoms with van der Waals surface area (Å²) in [7, 11) is 2.14. The lowest BCUT2D eigenvalue weighted by Crippen LogP contribution is -2.44. The van der Waals surface area contributed by atoms with Crippen LogP contribution in [0.4, 0.5) is 5.69 Å². The van der Waals surface area contributed by atoms with Crippen LogP contribution in [0.3, 0.4) is 0 Å². The number of piperazine rings is 1. The van der Waals surface area contributed by atoms with Crippen molar-refractivity contribution in [2.45, 2.75) is 25.5 Å². The van der Waals surface area contributed by atoms with Gasteiger partial charge in [-0.05, 0) is 38.6 Å². The van der Waals surface area contributed by atoms with Crippen molar-refractivity contribution in [3.05, 3.63) is 58.4 Å². The Bertz CT molecular complexity index is 1060. The summed E-state index contributed by atoms with van der Waals surface area (Å²) in [6, 6.07) is 12.3. The van der Waals surface area contributed by atoms with Gasteiger partial charge in [0.25, 0.3) is 0 Å². The van der Waals surface area contributed by atoms with E-state index in [0.29, 0.717) is 18.7 Å². The normalized spacial score (nSPS) is 20.1. The predicted molar refractivity (Wildman–Crippen MR) is 129 cm³/mol. The Labute approximate surface area is 195 Å². The van der Waals surface area contributed by atoms with Gasteiger partial charge in [0.15, 0.2) is 11.3 Å². The molecule has 1 atom stereocenters. The van der Waals surface area contributed by atoms with Gasteiger partial charge in [0.2, 0.25) is 0 Å². The largest absolute Gasteiger partial charge is 0.480 e. The fourth-order valence-corrected chi connectivity index (χ4v) is 4.13. The van der Waals surface area contributed by atoms with Crippen molar-refractivity contribution >= 4 is 11.6 Å². The number of hydrogen-bond acceptors (Lipinski definition) is 8. The fraction of sp³-hybridized carbons (Fsp3) is 0.440. The molecule has 172 valence electrons. The molecule has 0 bridgehead atoms. The second-order valence-corrected chi connectivity index (χ2v) is 8.72. The van der Waals surface area contributed by atoms with Crippen LogP contribution < -0.4 is 16.0 Å². The van der Waals surface area contributed by atoms with Crippen molar-refractivity contribution in [3.8, 4) is 12.1 Å². The zero-order chi connectivity index (χ0) is 24.0. The average molecular weight is 446 g/mol. The van der Waals surface area contributed by atoms with E-state index in [1.807, 2.05) is 26.0 Å². The lowest BCUT2D eigenvalue weighted by atomic mass is 9.90. The minimum absolute atomic E-state index is 0.0916. The van der Waals surface area contributed by atoms with Gasteiger partial charge in [-0.3, -0.25) is 5.41 Å². The highest BCUT2D eigenvalue weighted by atomic mass is 16.5. The zero-order valence-electron chi connectivity index (χ0n) is 19.5. The van der Waals surface area contributed by atoms with Crippen LogP contribution in [0.1, 0.15) is 25.5 Å². The van der Waals surface area contributed by atoms with Crippen LogP contribution in [0.25, 0.3) is 0 Å². The molecule has 2 heterocycles. The Morgan fingerprint density at radius 2 is 1.91 bits per heavy atom. The Morgan fingerprint density at radius 3 is 2.45 bits per heavy atom. The Kier molecular flexibility index (Phi) is 7.71. The molecule has 2 aliphatic rings. The van der Waals surface area contributed by atoms with E-state index in [1.165, 1.54) is 5.69 Å². The number of nitrogens with two attached hydrogens (primary N) is 1. The summed E-state index contributed by atoms with van der Waals surface area (Å²) in [5, 5.41) is 30.0. The van der Waals surface area contributed by atoms with Crippen molar-refractivity contribution < 1.29 is 4.74 Å². The number of allylic oxidation sites excluding steroid dienone is 1. The molecule has 1 aromatic rings. The Balaban J connectivity index is 1.96. The van der Waals surface area contributed by atoms with Crippen LogP contribution in [0.15, 0.2) is 52.8 Å². The topological polar surface area (TPSA) is 125 Å². The highest BCUT2D eigenvalue weighted by molar-refractivity contribution is 5.72. The molecule has 0 saturated carbocycles. The number of anilines is 1. The van der Waals surface area contributed by atoms with Gasteiger partial charge in [0, 0.05) is 56.4 Å². The van der Waals surface area contributed by atoms with E-state index in [0.717, 1.165) is 31.7 Å². The van der Waals surface area contributed by atoms with Gasteiger partial charge >= 0.3 is 0 Å². The van der Waals surface area contributed by atoms with E-state index in [2.05, 4.69) is 58.4 Å². The molecule has 0 radical (unpaired) electrons. The molecule has 4 N–H and O–H groups in total. The monoisotopic (exact) mass is 445 g/mol. The first-order chi connectivity index (χ1) is 15.8. The van der Waals surface area contributed by atoms with Crippen LogP contribution in [-0.4, -0.2) is 62.7 Å².